The first-order chi connectivity index (χ1) is 9.40. The minimum Gasteiger partial charge on any atom is -0.342 e. The normalized spacial score (nSPS) is 22.9. The summed E-state index contributed by atoms with van der Waals surface area (Å²) in [7, 11) is 0. The molecule has 1 unspecified atom stereocenters. The molecule has 0 aliphatic carbocycles. The first kappa shape index (κ1) is 14.5. The van der Waals surface area contributed by atoms with Gasteiger partial charge in [-0.05, 0) is 44.4 Å². The molecule has 1 aliphatic rings. The first-order valence-electron chi connectivity index (χ1n) is 6.79. The predicted molar refractivity (Wildman–Crippen MR) is 74.8 cm³/mol. The van der Waals surface area contributed by atoms with E-state index in [9.17, 15) is 14.0 Å². The second-order valence-corrected chi connectivity index (χ2v) is 5.51. The Bertz CT molecular complexity index is 545. The summed E-state index contributed by atoms with van der Waals surface area (Å²) in [6, 6.07) is 4.55. The van der Waals surface area contributed by atoms with Crippen LogP contribution in [0.1, 0.15) is 38.2 Å². The number of rotatable bonds is 2. The number of nitrogens with one attached hydrogen (secondary N) is 2. The highest BCUT2D eigenvalue weighted by atomic mass is 19.1. The van der Waals surface area contributed by atoms with Crippen molar-refractivity contribution in [1.29, 1.82) is 0 Å². The number of hydrogen-bond donors (Lipinski definition) is 2. The van der Waals surface area contributed by atoms with E-state index < -0.39 is 5.54 Å². The topological polar surface area (TPSA) is 58.2 Å². The summed E-state index contributed by atoms with van der Waals surface area (Å²) in [4.78, 5) is 23.9. The molecule has 2 amide bonds. The van der Waals surface area contributed by atoms with Crippen molar-refractivity contribution in [2.75, 3.05) is 5.32 Å². The van der Waals surface area contributed by atoms with E-state index in [0.717, 1.165) is 12.8 Å². The summed E-state index contributed by atoms with van der Waals surface area (Å²) in [6.45, 7) is 3.36. The Hall–Kier alpha value is -1.91. The lowest BCUT2D eigenvalue weighted by molar-refractivity contribution is -0.129. The molecule has 0 bridgehead atoms. The number of hydrogen-bond acceptors (Lipinski definition) is 2. The van der Waals surface area contributed by atoms with E-state index >= 15 is 0 Å². The monoisotopic (exact) mass is 278 g/mol. The van der Waals surface area contributed by atoms with E-state index in [1.807, 2.05) is 0 Å². The highest BCUT2D eigenvalue weighted by Gasteiger charge is 2.35. The van der Waals surface area contributed by atoms with E-state index in [2.05, 4.69) is 10.6 Å². The largest absolute Gasteiger partial charge is 0.342 e. The summed E-state index contributed by atoms with van der Waals surface area (Å²) < 4.78 is 13.5. The second-order valence-electron chi connectivity index (χ2n) is 5.51. The van der Waals surface area contributed by atoms with Crippen LogP contribution in [0.4, 0.5) is 10.1 Å². The fraction of sp³-hybridized carbons (Fsp3) is 0.467. The number of halogens is 1. The van der Waals surface area contributed by atoms with Crippen LogP contribution in [0.2, 0.25) is 0 Å². The molecule has 1 atom stereocenters. The molecule has 0 spiro atoms. The van der Waals surface area contributed by atoms with Gasteiger partial charge in [0.05, 0.1) is 0 Å². The van der Waals surface area contributed by atoms with Gasteiger partial charge in [0.1, 0.15) is 11.4 Å². The summed E-state index contributed by atoms with van der Waals surface area (Å²) in [5.74, 6) is -0.788. The Morgan fingerprint density at radius 1 is 1.40 bits per heavy atom. The van der Waals surface area contributed by atoms with Gasteiger partial charge in [-0.3, -0.25) is 9.59 Å². The van der Waals surface area contributed by atoms with Crippen LogP contribution in [0, 0.1) is 12.7 Å². The molecule has 1 saturated heterocycles. The lowest BCUT2D eigenvalue weighted by Gasteiger charge is -2.27. The van der Waals surface area contributed by atoms with Crippen molar-refractivity contribution in [2.45, 2.75) is 45.1 Å². The van der Waals surface area contributed by atoms with Gasteiger partial charge in [-0.15, -0.1) is 0 Å². The zero-order valence-corrected chi connectivity index (χ0v) is 11.8. The van der Waals surface area contributed by atoms with Crippen molar-refractivity contribution in [3.05, 3.63) is 29.6 Å². The molecule has 108 valence electrons. The minimum absolute atomic E-state index is 0.116. The van der Waals surface area contributed by atoms with Gasteiger partial charge in [-0.1, -0.05) is 12.5 Å². The quantitative estimate of drug-likeness (QED) is 0.873. The molecule has 0 radical (unpaired) electrons. The Labute approximate surface area is 117 Å². The third kappa shape index (κ3) is 3.15. The van der Waals surface area contributed by atoms with Gasteiger partial charge in [-0.2, -0.15) is 0 Å². The molecule has 2 rings (SSSR count). The van der Waals surface area contributed by atoms with E-state index in [4.69, 9.17) is 0 Å². The highest BCUT2D eigenvalue weighted by Crippen LogP contribution is 2.22. The number of carbonyl (C=O) groups is 2. The molecule has 20 heavy (non-hydrogen) atoms. The smallest absolute Gasteiger partial charge is 0.249 e. The maximum absolute atomic E-state index is 13.5. The third-order valence-electron chi connectivity index (χ3n) is 3.68. The molecule has 1 heterocycles. The van der Waals surface area contributed by atoms with Crippen molar-refractivity contribution >= 4 is 17.5 Å². The van der Waals surface area contributed by atoms with E-state index in [-0.39, 0.29) is 17.6 Å². The lowest BCUT2D eigenvalue weighted by Crippen LogP contribution is -2.53. The van der Waals surface area contributed by atoms with Crippen LogP contribution in [-0.2, 0) is 9.59 Å². The summed E-state index contributed by atoms with van der Waals surface area (Å²) in [5, 5.41) is 5.43. The number of amides is 2. The van der Waals surface area contributed by atoms with Gasteiger partial charge in [0.15, 0.2) is 0 Å². The lowest BCUT2D eigenvalue weighted by atomic mass is 9.95. The van der Waals surface area contributed by atoms with Gasteiger partial charge in [0, 0.05) is 12.1 Å². The molecule has 4 nitrogen and oxygen atoms in total. The van der Waals surface area contributed by atoms with Crippen LogP contribution in [0.3, 0.4) is 0 Å². The van der Waals surface area contributed by atoms with Crippen molar-refractivity contribution in [1.82, 2.24) is 5.32 Å². The van der Waals surface area contributed by atoms with Gasteiger partial charge in [0.2, 0.25) is 11.8 Å². The Kier molecular flexibility index (Phi) is 4.06. The van der Waals surface area contributed by atoms with Crippen LogP contribution >= 0.6 is 0 Å². The van der Waals surface area contributed by atoms with E-state index in [1.54, 1.807) is 26.0 Å². The number of anilines is 1. The number of aryl methyl sites for hydroxylation is 1. The summed E-state index contributed by atoms with van der Waals surface area (Å²) in [6.07, 6.45) is 2.62. The maximum Gasteiger partial charge on any atom is 0.249 e. The van der Waals surface area contributed by atoms with Gasteiger partial charge >= 0.3 is 0 Å². The van der Waals surface area contributed by atoms with Crippen molar-refractivity contribution < 1.29 is 14.0 Å². The molecule has 2 N–H and O–H groups in total. The fourth-order valence-corrected chi connectivity index (χ4v) is 2.31. The van der Waals surface area contributed by atoms with E-state index in [1.165, 1.54) is 6.07 Å². The van der Waals surface area contributed by atoms with Crippen LogP contribution in [0.15, 0.2) is 18.2 Å². The predicted octanol–water partition coefficient (Wildman–Crippen LogP) is 2.52. The van der Waals surface area contributed by atoms with Crippen molar-refractivity contribution in [3.8, 4) is 0 Å². The Morgan fingerprint density at radius 2 is 2.15 bits per heavy atom. The van der Waals surface area contributed by atoms with Crippen LogP contribution in [0.5, 0.6) is 0 Å². The van der Waals surface area contributed by atoms with Crippen LogP contribution in [-0.4, -0.2) is 17.4 Å². The average molecular weight is 278 g/mol. The summed E-state index contributed by atoms with van der Waals surface area (Å²) >= 11 is 0. The maximum atomic E-state index is 13.5. The zero-order chi connectivity index (χ0) is 14.8. The standard InChI is InChI=1S/C15H19FN2O2/c1-10-6-7-11(9-12(10)16)17-14(20)15(2)8-4-3-5-13(19)18-15/h6-7,9H,3-5,8H2,1-2H3,(H,17,20)(H,18,19). The third-order valence-corrected chi connectivity index (χ3v) is 3.68. The van der Waals surface area contributed by atoms with Gasteiger partial charge in [-0.25, -0.2) is 4.39 Å². The molecule has 1 aliphatic heterocycles. The molecule has 1 aromatic rings. The van der Waals surface area contributed by atoms with Crippen LogP contribution in [0.25, 0.3) is 0 Å². The molecule has 5 heteroatoms. The van der Waals surface area contributed by atoms with E-state index in [0.29, 0.717) is 24.1 Å². The zero-order valence-electron chi connectivity index (χ0n) is 11.8. The number of benzene rings is 1. The first-order valence-corrected chi connectivity index (χ1v) is 6.79. The van der Waals surface area contributed by atoms with Crippen molar-refractivity contribution in [2.24, 2.45) is 0 Å². The average Bonchev–Trinajstić information content (AvgIpc) is 2.56. The minimum atomic E-state index is -0.936. The van der Waals surface area contributed by atoms with Crippen molar-refractivity contribution in [3.63, 3.8) is 0 Å². The Balaban J connectivity index is 2.13. The molecular weight excluding hydrogens is 259 g/mol. The SMILES string of the molecule is Cc1ccc(NC(=O)C2(C)CCCCC(=O)N2)cc1F. The fourth-order valence-electron chi connectivity index (χ4n) is 2.31. The Morgan fingerprint density at radius 3 is 2.85 bits per heavy atom. The van der Waals surface area contributed by atoms with Gasteiger partial charge in [0.25, 0.3) is 0 Å². The highest BCUT2D eigenvalue weighted by molar-refractivity contribution is 6.00. The molecule has 0 aromatic heterocycles. The molecule has 1 aromatic carbocycles. The molecule has 0 saturated carbocycles. The number of carbonyl (C=O) groups excluding carboxylic acids is 2. The van der Waals surface area contributed by atoms with Gasteiger partial charge < -0.3 is 10.6 Å². The van der Waals surface area contributed by atoms with Crippen LogP contribution < -0.4 is 10.6 Å². The molecular formula is C15H19FN2O2. The summed E-state index contributed by atoms with van der Waals surface area (Å²) in [5.41, 5.74) is -0.00983. The second kappa shape index (κ2) is 5.61. The molecule has 1 fully saturated rings.